The Balaban J connectivity index is 1.75. The summed E-state index contributed by atoms with van der Waals surface area (Å²) in [5, 5.41) is 7.91. The van der Waals surface area contributed by atoms with Crippen molar-refractivity contribution in [2.75, 3.05) is 19.7 Å². The van der Waals surface area contributed by atoms with Crippen molar-refractivity contribution in [2.45, 2.75) is 19.4 Å². The van der Waals surface area contributed by atoms with E-state index in [9.17, 15) is 0 Å². The lowest BCUT2D eigenvalue weighted by Gasteiger charge is -2.25. The van der Waals surface area contributed by atoms with Crippen LogP contribution in [-0.2, 0) is 0 Å². The number of hydrogen-bond donors (Lipinski definition) is 2. The van der Waals surface area contributed by atoms with Gasteiger partial charge >= 0.3 is 0 Å². The summed E-state index contributed by atoms with van der Waals surface area (Å²) >= 11 is 0. The first kappa shape index (κ1) is 11.5. The molecule has 2 aliphatic heterocycles. The molecule has 0 saturated carbocycles. The number of nitrogens with one attached hydrogen (secondary N) is 2. The summed E-state index contributed by atoms with van der Waals surface area (Å²) in [6, 6.07) is 8.65. The largest absolute Gasteiger partial charge is 0.494 e. The van der Waals surface area contributed by atoms with Crippen molar-refractivity contribution >= 4 is 5.71 Å². The molecule has 0 bridgehead atoms. The third kappa shape index (κ3) is 2.08. The van der Waals surface area contributed by atoms with Crippen molar-refractivity contribution in [3.8, 4) is 5.75 Å². The molecule has 4 heteroatoms. The number of fused-ring (bicyclic) bond motifs is 1. The van der Waals surface area contributed by atoms with Gasteiger partial charge in [0.2, 0.25) is 0 Å². The van der Waals surface area contributed by atoms with Crippen molar-refractivity contribution < 1.29 is 4.74 Å². The van der Waals surface area contributed by atoms with Crippen LogP contribution in [0.3, 0.4) is 0 Å². The molecule has 2 atom stereocenters. The first-order valence-electron chi connectivity index (χ1n) is 6.64. The van der Waals surface area contributed by atoms with E-state index in [1.807, 2.05) is 19.1 Å². The second-order valence-corrected chi connectivity index (χ2v) is 4.77. The lowest BCUT2D eigenvalue weighted by molar-refractivity contribution is 0.340. The van der Waals surface area contributed by atoms with Crippen molar-refractivity contribution in [1.29, 1.82) is 0 Å². The smallest absolute Gasteiger partial charge is 0.119 e. The number of rotatable bonds is 3. The number of hydrazone groups is 1. The van der Waals surface area contributed by atoms with Crippen molar-refractivity contribution in [1.82, 2.24) is 10.7 Å². The highest BCUT2D eigenvalue weighted by molar-refractivity contribution is 5.89. The van der Waals surface area contributed by atoms with Gasteiger partial charge in [0.1, 0.15) is 5.75 Å². The molecule has 3 rings (SSSR count). The molecule has 0 radical (unpaired) electrons. The predicted molar refractivity (Wildman–Crippen MR) is 71.9 cm³/mol. The third-order valence-corrected chi connectivity index (χ3v) is 3.65. The molecule has 0 amide bonds. The van der Waals surface area contributed by atoms with E-state index in [0.717, 1.165) is 25.3 Å². The highest BCUT2D eigenvalue weighted by Gasteiger charge is 2.33. The van der Waals surface area contributed by atoms with Crippen molar-refractivity contribution in [2.24, 2.45) is 11.0 Å². The summed E-state index contributed by atoms with van der Waals surface area (Å²) in [5.41, 5.74) is 5.87. The summed E-state index contributed by atoms with van der Waals surface area (Å²) in [6.45, 7) is 4.78. The molecule has 2 unspecified atom stereocenters. The summed E-state index contributed by atoms with van der Waals surface area (Å²) < 4.78 is 5.47. The monoisotopic (exact) mass is 245 g/mol. The van der Waals surface area contributed by atoms with E-state index < -0.39 is 0 Å². The van der Waals surface area contributed by atoms with Crippen molar-refractivity contribution in [3.63, 3.8) is 0 Å². The second-order valence-electron chi connectivity index (χ2n) is 4.77. The standard InChI is InChI=1S/C14H19N3O/c1-2-18-11-5-3-10(4-6-11)14-12-9-15-8-7-13(12)16-17-14/h3-6,12,14-15,17H,2,7-9H2,1H3. The van der Waals surface area contributed by atoms with Gasteiger partial charge in [0.25, 0.3) is 0 Å². The van der Waals surface area contributed by atoms with E-state index in [1.165, 1.54) is 11.3 Å². The fourth-order valence-corrected chi connectivity index (χ4v) is 2.71. The summed E-state index contributed by atoms with van der Waals surface area (Å²) in [7, 11) is 0. The Bertz CT molecular complexity index is 441. The van der Waals surface area contributed by atoms with Gasteiger partial charge in [-0.25, -0.2) is 0 Å². The average molecular weight is 245 g/mol. The summed E-state index contributed by atoms with van der Waals surface area (Å²) in [6.07, 6.45) is 1.06. The SMILES string of the molecule is CCOc1ccc(C2NN=C3CCNCC32)cc1. The molecule has 1 aromatic carbocycles. The molecule has 0 aliphatic carbocycles. The molecular weight excluding hydrogens is 226 g/mol. The zero-order chi connectivity index (χ0) is 12.4. The molecule has 18 heavy (non-hydrogen) atoms. The highest BCUT2D eigenvalue weighted by atomic mass is 16.5. The maximum absolute atomic E-state index is 5.47. The van der Waals surface area contributed by atoms with Crippen LogP contribution in [0.25, 0.3) is 0 Å². The quantitative estimate of drug-likeness (QED) is 0.852. The maximum Gasteiger partial charge on any atom is 0.119 e. The number of piperidine rings is 1. The summed E-state index contributed by atoms with van der Waals surface area (Å²) in [5.74, 6) is 1.43. The zero-order valence-corrected chi connectivity index (χ0v) is 10.6. The van der Waals surface area contributed by atoms with E-state index in [0.29, 0.717) is 18.6 Å². The van der Waals surface area contributed by atoms with Crippen LogP contribution in [0.15, 0.2) is 29.4 Å². The van der Waals surface area contributed by atoms with Crippen LogP contribution in [0.2, 0.25) is 0 Å². The summed E-state index contributed by atoms with van der Waals surface area (Å²) in [4.78, 5) is 0. The van der Waals surface area contributed by atoms with Crippen LogP contribution in [-0.4, -0.2) is 25.4 Å². The number of hydrogen-bond acceptors (Lipinski definition) is 4. The number of nitrogens with zero attached hydrogens (tertiary/aromatic N) is 1. The Hall–Kier alpha value is -1.55. The van der Waals surface area contributed by atoms with E-state index in [2.05, 4.69) is 28.0 Å². The van der Waals surface area contributed by atoms with Gasteiger partial charge in [-0.2, -0.15) is 5.10 Å². The molecule has 1 fully saturated rings. The molecule has 96 valence electrons. The van der Waals surface area contributed by atoms with Gasteiger partial charge in [0.15, 0.2) is 0 Å². The van der Waals surface area contributed by atoms with E-state index >= 15 is 0 Å². The second kappa shape index (κ2) is 4.98. The molecule has 0 aromatic heterocycles. The van der Waals surface area contributed by atoms with Crippen LogP contribution in [0.1, 0.15) is 24.9 Å². The fraction of sp³-hybridized carbons (Fsp3) is 0.500. The number of benzene rings is 1. The highest BCUT2D eigenvalue weighted by Crippen LogP contribution is 2.30. The first-order chi connectivity index (χ1) is 8.88. The van der Waals surface area contributed by atoms with Crippen LogP contribution < -0.4 is 15.5 Å². The van der Waals surface area contributed by atoms with Gasteiger partial charge in [-0.05, 0) is 24.6 Å². The molecule has 2 aliphatic rings. The topological polar surface area (TPSA) is 45.6 Å². The molecule has 4 nitrogen and oxygen atoms in total. The van der Waals surface area contributed by atoms with Gasteiger partial charge < -0.3 is 15.5 Å². The van der Waals surface area contributed by atoms with Gasteiger partial charge in [-0.1, -0.05) is 12.1 Å². The molecule has 0 spiro atoms. The third-order valence-electron chi connectivity index (χ3n) is 3.65. The zero-order valence-electron chi connectivity index (χ0n) is 10.6. The van der Waals surface area contributed by atoms with Crippen LogP contribution in [0.5, 0.6) is 5.75 Å². The molecule has 1 aromatic rings. The minimum absolute atomic E-state index is 0.309. The van der Waals surface area contributed by atoms with E-state index in [1.54, 1.807) is 0 Å². The molecule has 1 saturated heterocycles. The molecule has 2 heterocycles. The Morgan fingerprint density at radius 2 is 2.17 bits per heavy atom. The first-order valence-corrected chi connectivity index (χ1v) is 6.64. The molecular formula is C14H19N3O. The lowest BCUT2D eigenvalue weighted by Crippen LogP contribution is -2.38. The van der Waals surface area contributed by atoms with Gasteiger partial charge in [-0.15, -0.1) is 0 Å². The Morgan fingerprint density at radius 1 is 1.33 bits per heavy atom. The Labute approximate surface area is 107 Å². The van der Waals surface area contributed by atoms with Gasteiger partial charge in [0.05, 0.1) is 12.6 Å². The average Bonchev–Trinajstić information content (AvgIpc) is 2.84. The minimum Gasteiger partial charge on any atom is -0.494 e. The Kier molecular flexibility index (Phi) is 3.19. The van der Waals surface area contributed by atoms with Crippen LogP contribution >= 0.6 is 0 Å². The van der Waals surface area contributed by atoms with Crippen LogP contribution in [0.4, 0.5) is 0 Å². The minimum atomic E-state index is 0.309. The maximum atomic E-state index is 5.47. The van der Waals surface area contributed by atoms with Gasteiger partial charge in [0, 0.05) is 31.1 Å². The van der Waals surface area contributed by atoms with E-state index in [-0.39, 0.29) is 0 Å². The number of ether oxygens (including phenoxy) is 1. The lowest BCUT2D eigenvalue weighted by atomic mass is 9.87. The molecule has 2 N–H and O–H groups in total. The fourth-order valence-electron chi connectivity index (χ4n) is 2.71. The normalized spacial score (nSPS) is 26.2. The van der Waals surface area contributed by atoms with Crippen LogP contribution in [0, 0.1) is 5.92 Å². The van der Waals surface area contributed by atoms with Gasteiger partial charge in [-0.3, -0.25) is 0 Å². The van der Waals surface area contributed by atoms with E-state index in [4.69, 9.17) is 4.74 Å². The Morgan fingerprint density at radius 3 is 2.94 bits per heavy atom. The predicted octanol–water partition coefficient (Wildman–Crippen LogP) is 1.70. The van der Waals surface area contributed by atoms with Crippen molar-refractivity contribution in [3.05, 3.63) is 29.8 Å².